The summed E-state index contributed by atoms with van der Waals surface area (Å²) in [4.78, 5) is 28.2. The second-order valence-electron chi connectivity index (χ2n) is 6.97. The van der Waals surface area contributed by atoms with Gasteiger partial charge in [-0.3, -0.25) is 9.59 Å². The summed E-state index contributed by atoms with van der Waals surface area (Å²) >= 11 is 1.58. The lowest BCUT2D eigenvalue weighted by Crippen LogP contribution is -2.44. The van der Waals surface area contributed by atoms with Crippen molar-refractivity contribution in [2.45, 2.75) is 12.5 Å². The fourth-order valence-electron chi connectivity index (χ4n) is 3.46. The fourth-order valence-corrected chi connectivity index (χ4v) is 4.18. The predicted octanol–water partition coefficient (Wildman–Crippen LogP) is 2.56. The summed E-state index contributed by atoms with van der Waals surface area (Å²) in [5, 5.41) is 8.12. The number of methoxy groups -OCH3 is 3. The molecule has 0 bridgehead atoms. The van der Waals surface area contributed by atoms with Crippen LogP contribution in [0.25, 0.3) is 0 Å². The molecule has 3 rings (SSSR count). The fraction of sp³-hybridized carbons (Fsp3) is 0.409. The molecular formula is C22H27N3O5S. The van der Waals surface area contributed by atoms with Gasteiger partial charge in [-0.15, -0.1) is 11.3 Å². The molecular weight excluding hydrogens is 418 g/mol. The van der Waals surface area contributed by atoms with Crippen LogP contribution in [-0.2, 0) is 19.1 Å². The van der Waals surface area contributed by atoms with Crippen LogP contribution in [0.15, 0.2) is 46.9 Å². The van der Waals surface area contributed by atoms with Gasteiger partial charge in [-0.25, -0.2) is 5.01 Å². The Morgan fingerprint density at radius 2 is 1.97 bits per heavy atom. The van der Waals surface area contributed by atoms with E-state index in [0.29, 0.717) is 25.3 Å². The first-order valence-electron chi connectivity index (χ1n) is 9.91. The largest absolute Gasteiger partial charge is 0.496 e. The zero-order chi connectivity index (χ0) is 22.2. The number of amides is 2. The highest BCUT2D eigenvalue weighted by Gasteiger charge is 2.36. The van der Waals surface area contributed by atoms with Crippen LogP contribution in [0.4, 0.5) is 0 Å². The number of hydrogen-bond acceptors (Lipinski definition) is 7. The Morgan fingerprint density at radius 3 is 2.65 bits per heavy atom. The average Bonchev–Trinajstić information content (AvgIpc) is 3.46. The Labute approximate surface area is 186 Å². The molecule has 0 saturated heterocycles. The second kappa shape index (κ2) is 11.0. The van der Waals surface area contributed by atoms with Crippen molar-refractivity contribution in [3.8, 4) is 5.75 Å². The molecule has 166 valence electrons. The summed E-state index contributed by atoms with van der Waals surface area (Å²) in [7, 11) is 4.61. The Bertz CT molecular complexity index is 916. The Morgan fingerprint density at radius 1 is 1.16 bits per heavy atom. The molecule has 0 radical (unpaired) electrons. The van der Waals surface area contributed by atoms with E-state index in [1.54, 1.807) is 25.6 Å². The van der Waals surface area contributed by atoms with E-state index in [0.717, 1.165) is 16.2 Å². The van der Waals surface area contributed by atoms with E-state index in [9.17, 15) is 9.59 Å². The first-order valence-corrected chi connectivity index (χ1v) is 10.8. The summed E-state index contributed by atoms with van der Waals surface area (Å²) in [6, 6.07) is 11.2. The first kappa shape index (κ1) is 22.9. The van der Waals surface area contributed by atoms with Crippen LogP contribution in [0, 0.1) is 0 Å². The number of hydrazone groups is 1. The summed E-state index contributed by atoms with van der Waals surface area (Å²) in [5.74, 6) is 0.144. The zero-order valence-electron chi connectivity index (χ0n) is 17.9. The van der Waals surface area contributed by atoms with E-state index >= 15 is 0 Å². The lowest BCUT2D eigenvalue weighted by molar-refractivity contribution is -0.144. The Hall–Kier alpha value is -2.75. The normalized spacial score (nSPS) is 15.6. The lowest BCUT2D eigenvalue weighted by Gasteiger charge is -2.27. The van der Waals surface area contributed by atoms with E-state index in [4.69, 9.17) is 14.2 Å². The Balaban J connectivity index is 1.88. The lowest BCUT2D eigenvalue weighted by atomic mass is 10.00. The van der Waals surface area contributed by atoms with Crippen molar-refractivity contribution in [2.75, 3.05) is 47.6 Å². The van der Waals surface area contributed by atoms with Crippen LogP contribution in [0.5, 0.6) is 5.75 Å². The third kappa shape index (κ3) is 5.49. The van der Waals surface area contributed by atoms with Crippen LogP contribution in [0.3, 0.4) is 0 Å². The third-order valence-corrected chi connectivity index (χ3v) is 5.90. The molecule has 1 aromatic heterocycles. The number of para-hydroxylation sites is 1. The predicted molar refractivity (Wildman–Crippen MR) is 118 cm³/mol. The molecule has 1 atom stereocenters. The summed E-state index contributed by atoms with van der Waals surface area (Å²) in [6.07, 6.45) is 0.566. The second-order valence-corrected chi connectivity index (χ2v) is 7.91. The minimum absolute atomic E-state index is 0.101. The number of nitrogens with zero attached hydrogens (tertiary/aromatic N) is 3. The monoisotopic (exact) mass is 445 g/mol. The van der Waals surface area contributed by atoms with Crippen LogP contribution in [-0.4, -0.2) is 75.1 Å². The van der Waals surface area contributed by atoms with Gasteiger partial charge in [0, 0.05) is 32.7 Å². The molecule has 0 N–H and O–H groups in total. The van der Waals surface area contributed by atoms with Crippen molar-refractivity contribution >= 4 is 28.9 Å². The molecule has 0 aliphatic carbocycles. The van der Waals surface area contributed by atoms with Gasteiger partial charge in [-0.05, 0) is 17.5 Å². The number of hydrogen-bond donors (Lipinski definition) is 0. The maximum atomic E-state index is 13.3. The summed E-state index contributed by atoms with van der Waals surface area (Å²) < 4.78 is 15.6. The summed E-state index contributed by atoms with van der Waals surface area (Å²) in [5.41, 5.74) is 1.71. The molecule has 2 heterocycles. The number of thiophene rings is 1. The highest BCUT2D eigenvalue weighted by Crippen LogP contribution is 2.38. The van der Waals surface area contributed by atoms with Crippen LogP contribution >= 0.6 is 11.3 Å². The highest BCUT2D eigenvalue weighted by molar-refractivity contribution is 7.12. The minimum Gasteiger partial charge on any atom is -0.496 e. The summed E-state index contributed by atoms with van der Waals surface area (Å²) in [6.45, 7) is 0.399. The van der Waals surface area contributed by atoms with Crippen molar-refractivity contribution < 1.29 is 23.8 Å². The van der Waals surface area contributed by atoms with Crippen molar-refractivity contribution in [1.29, 1.82) is 0 Å². The van der Waals surface area contributed by atoms with Crippen LogP contribution in [0.2, 0.25) is 0 Å². The number of ether oxygens (including phenoxy) is 3. The highest BCUT2D eigenvalue weighted by atomic mass is 32.1. The van der Waals surface area contributed by atoms with Gasteiger partial charge in [0.15, 0.2) is 0 Å². The zero-order valence-corrected chi connectivity index (χ0v) is 18.8. The molecule has 8 nitrogen and oxygen atoms in total. The SMILES string of the molecule is COCCN(CC(=O)N1N=C(c2cccs2)C[C@@H]1c1ccccc1OC)C(=O)COC. The topological polar surface area (TPSA) is 80.7 Å². The number of rotatable bonds is 10. The maximum absolute atomic E-state index is 13.3. The molecule has 0 fully saturated rings. The molecule has 2 aromatic rings. The molecule has 31 heavy (non-hydrogen) atoms. The standard InChI is InChI=1S/C22H27N3O5S/c1-28-11-10-24(22(27)15-29-2)14-21(26)25-18(16-7-4-5-8-19(16)30-3)13-17(23-25)20-9-6-12-31-20/h4-9,12,18H,10-11,13-15H2,1-3H3/t18-/m1/s1. The van der Waals surface area contributed by atoms with Crippen LogP contribution < -0.4 is 4.74 Å². The van der Waals surface area contributed by atoms with Gasteiger partial charge >= 0.3 is 0 Å². The third-order valence-electron chi connectivity index (χ3n) is 4.98. The van der Waals surface area contributed by atoms with Gasteiger partial charge in [-0.1, -0.05) is 24.3 Å². The Kier molecular flexibility index (Phi) is 8.16. The smallest absolute Gasteiger partial charge is 0.262 e. The van der Waals surface area contributed by atoms with Crippen molar-refractivity contribution in [3.63, 3.8) is 0 Å². The van der Waals surface area contributed by atoms with E-state index in [1.165, 1.54) is 17.0 Å². The number of carbonyl (C=O) groups excluding carboxylic acids is 2. The van der Waals surface area contributed by atoms with Gasteiger partial charge < -0.3 is 19.1 Å². The molecule has 9 heteroatoms. The maximum Gasteiger partial charge on any atom is 0.262 e. The molecule has 0 saturated carbocycles. The molecule has 0 unspecified atom stereocenters. The quantitative estimate of drug-likeness (QED) is 0.562. The van der Waals surface area contributed by atoms with Crippen molar-refractivity contribution in [3.05, 3.63) is 52.2 Å². The first-order chi connectivity index (χ1) is 15.1. The molecule has 0 spiro atoms. The molecule has 1 aliphatic heterocycles. The van der Waals surface area contributed by atoms with Crippen molar-refractivity contribution in [2.24, 2.45) is 5.10 Å². The average molecular weight is 446 g/mol. The van der Waals surface area contributed by atoms with Gasteiger partial charge in [-0.2, -0.15) is 5.10 Å². The molecule has 2 amide bonds. The van der Waals surface area contributed by atoms with Gasteiger partial charge in [0.05, 0.1) is 30.3 Å². The molecule has 1 aliphatic rings. The number of carbonyl (C=O) groups is 2. The van der Waals surface area contributed by atoms with Gasteiger partial charge in [0.25, 0.3) is 5.91 Å². The van der Waals surface area contributed by atoms with E-state index < -0.39 is 0 Å². The van der Waals surface area contributed by atoms with E-state index in [2.05, 4.69) is 5.10 Å². The minimum atomic E-state index is -0.317. The van der Waals surface area contributed by atoms with Crippen LogP contribution in [0.1, 0.15) is 22.9 Å². The van der Waals surface area contributed by atoms with Crippen molar-refractivity contribution in [1.82, 2.24) is 9.91 Å². The van der Waals surface area contributed by atoms with Gasteiger partial charge in [0.1, 0.15) is 18.9 Å². The van der Waals surface area contributed by atoms with E-state index in [1.807, 2.05) is 41.8 Å². The number of benzene rings is 1. The van der Waals surface area contributed by atoms with Gasteiger partial charge in [0.2, 0.25) is 5.91 Å². The molecule has 1 aromatic carbocycles. The van der Waals surface area contributed by atoms with E-state index in [-0.39, 0.29) is 31.0 Å².